The second-order valence-corrected chi connectivity index (χ2v) is 8.36. The summed E-state index contributed by atoms with van der Waals surface area (Å²) in [4.78, 5) is 22.2. The summed E-state index contributed by atoms with van der Waals surface area (Å²) in [5.41, 5.74) is -2.02. The number of rotatable bonds is 7. The van der Waals surface area contributed by atoms with Gasteiger partial charge in [-0.25, -0.2) is 9.37 Å². The van der Waals surface area contributed by atoms with Crippen molar-refractivity contribution in [3.05, 3.63) is 64.0 Å². The van der Waals surface area contributed by atoms with E-state index in [1.807, 2.05) is 6.92 Å². The molecule has 4 rings (SSSR count). The predicted molar refractivity (Wildman–Crippen MR) is 114 cm³/mol. The van der Waals surface area contributed by atoms with Crippen LogP contribution in [-0.2, 0) is 19.1 Å². The van der Waals surface area contributed by atoms with Crippen LogP contribution in [0.5, 0.6) is 0 Å². The van der Waals surface area contributed by atoms with Crippen LogP contribution in [0.4, 0.5) is 23.4 Å². The number of hydrogen-bond acceptors (Lipinski definition) is 5. The minimum Gasteiger partial charge on any atom is -0.356 e. The van der Waals surface area contributed by atoms with Crippen molar-refractivity contribution in [2.24, 2.45) is 0 Å². The molecule has 0 bridgehead atoms. The molecule has 176 valence electrons. The smallest absolute Gasteiger partial charge is 0.356 e. The van der Waals surface area contributed by atoms with E-state index in [0.29, 0.717) is 24.9 Å². The first-order chi connectivity index (χ1) is 15.6. The Balaban J connectivity index is 1.72. The van der Waals surface area contributed by atoms with Gasteiger partial charge in [0, 0.05) is 44.0 Å². The lowest BCUT2D eigenvalue weighted by Crippen LogP contribution is -2.43. The summed E-state index contributed by atoms with van der Waals surface area (Å²) in [6, 6.07) is 3.94. The highest BCUT2D eigenvalue weighted by atomic mass is 19.4. The Kier molecular flexibility index (Phi) is 5.98. The number of anilines is 1. The molecule has 7 nitrogen and oxygen atoms in total. The van der Waals surface area contributed by atoms with Gasteiger partial charge in [-0.05, 0) is 37.8 Å². The molecule has 0 spiro atoms. The lowest BCUT2D eigenvalue weighted by molar-refractivity contribution is -0.141. The molecule has 1 saturated carbocycles. The van der Waals surface area contributed by atoms with Gasteiger partial charge < -0.3 is 4.90 Å². The molecule has 1 aliphatic rings. The third-order valence-corrected chi connectivity index (χ3v) is 5.80. The van der Waals surface area contributed by atoms with Crippen LogP contribution in [0.1, 0.15) is 43.0 Å². The van der Waals surface area contributed by atoms with E-state index in [2.05, 4.69) is 15.1 Å². The largest absolute Gasteiger partial charge is 0.433 e. The second-order valence-electron chi connectivity index (χ2n) is 8.36. The van der Waals surface area contributed by atoms with Gasteiger partial charge in [0.15, 0.2) is 5.69 Å². The maximum absolute atomic E-state index is 14.6. The Morgan fingerprint density at radius 3 is 2.61 bits per heavy atom. The molecule has 0 radical (unpaired) electrons. The third-order valence-electron chi connectivity index (χ3n) is 5.80. The van der Waals surface area contributed by atoms with Crippen LogP contribution in [0.3, 0.4) is 0 Å². The number of alkyl halides is 4. The van der Waals surface area contributed by atoms with Crippen LogP contribution in [-0.4, -0.2) is 43.6 Å². The fourth-order valence-corrected chi connectivity index (χ4v) is 3.82. The summed E-state index contributed by atoms with van der Waals surface area (Å²) in [6.07, 6.45) is 1.73. The van der Waals surface area contributed by atoms with Gasteiger partial charge in [0.2, 0.25) is 5.95 Å². The SMILES string of the molecule is CCn1cc(Cc2cccn(-c3nc(N(C)CC4(F)CCC4)cc(C(F)(F)F)n3)c2=O)cn1. The highest BCUT2D eigenvalue weighted by Gasteiger charge is 2.39. The fraction of sp³-hybridized carbons (Fsp3) is 0.455. The molecule has 33 heavy (non-hydrogen) atoms. The first-order valence-electron chi connectivity index (χ1n) is 10.7. The van der Waals surface area contributed by atoms with Crippen LogP contribution < -0.4 is 10.5 Å². The van der Waals surface area contributed by atoms with Crippen molar-refractivity contribution < 1.29 is 17.6 Å². The van der Waals surface area contributed by atoms with Gasteiger partial charge >= 0.3 is 6.18 Å². The van der Waals surface area contributed by atoms with Crippen molar-refractivity contribution in [1.29, 1.82) is 0 Å². The van der Waals surface area contributed by atoms with Crippen molar-refractivity contribution >= 4 is 5.82 Å². The zero-order valence-corrected chi connectivity index (χ0v) is 18.3. The van der Waals surface area contributed by atoms with Gasteiger partial charge in [-0.1, -0.05) is 6.07 Å². The average Bonchev–Trinajstić information content (AvgIpc) is 3.21. The molecule has 3 heterocycles. The van der Waals surface area contributed by atoms with Gasteiger partial charge in [0.1, 0.15) is 11.5 Å². The Hall–Kier alpha value is -3.24. The summed E-state index contributed by atoms with van der Waals surface area (Å²) in [6.45, 7) is 2.52. The molecule has 11 heteroatoms. The summed E-state index contributed by atoms with van der Waals surface area (Å²) >= 11 is 0. The molecule has 1 aliphatic carbocycles. The summed E-state index contributed by atoms with van der Waals surface area (Å²) in [7, 11) is 1.48. The van der Waals surface area contributed by atoms with Crippen LogP contribution in [0.15, 0.2) is 41.6 Å². The van der Waals surface area contributed by atoms with E-state index in [0.717, 1.165) is 22.6 Å². The van der Waals surface area contributed by atoms with E-state index >= 15 is 0 Å². The zero-order valence-electron chi connectivity index (χ0n) is 18.3. The molecule has 0 aliphatic heterocycles. The van der Waals surface area contributed by atoms with Gasteiger partial charge in [-0.2, -0.15) is 23.3 Å². The van der Waals surface area contributed by atoms with Crippen molar-refractivity contribution in [2.45, 2.75) is 51.0 Å². The van der Waals surface area contributed by atoms with Crippen molar-refractivity contribution in [3.8, 4) is 5.95 Å². The minimum atomic E-state index is -4.76. The number of aryl methyl sites for hydroxylation is 1. The van der Waals surface area contributed by atoms with Crippen LogP contribution in [0.25, 0.3) is 5.95 Å². The molecular formula is C22H24F4N6O. The lowest BCUT2D eigenvalue weighted by atomic mass is 9.82. The number of pyridine rings is 1. The molecule has 3 aromatic rings. The van der Waals surface area contributed by atoms with Gasteiger partial charge in [-0.3, -0.25) is 14.0 Å². The van der Waals surface area contributed by atoms with E-state index in [1.165, 1.54) is 18.1 Å². The van der Waals surface area contributed by atoms with Crippen LogP contribution in [0, 0.1) is 0 Å². The van der Waals surface area contributed by atoms with E-state index in [-0.39, 0.29) is 18.8 Å². The van der Waals surface area contributed by atoms with E-state index in [9.17, 15) is 22.4 Å². The van der Waals surface area contributed by atoms with Crippen molar-refractivity contribution in [2.75, 3.05) is 18.5 Å². The first kappa shape index (κ1) is 22.9. The maximum Gasteiger partial charge on any atom is 0.433 e. The predicted octanol–water partition coefficient (Wildman–Crippen LogP) is 3.78. The van der Waals surface area contributed by atoms with E-state index in [4.69, 9.17) is 0 Å². The highest BCUT2D eigenvalue weighted by Crippen LogP contribution is 2.37. The molecule has 1 fully saturated rings. The monoisotopic (exact) mass is 464 g/mol. The summed E-state index contributed by atoms with van der Waals surface area (Å²) in [5, 5.41) is 4.17. The molecule has 0 N–H and O–H groups in total. The number of nitrogens with zero attached hydrogens (tertiary/aromatic N) is 6. The summed E-state index contributed by atoms with van der Waals surface area (Å²) < 4.78 is 58.0. The topological polar surface area (TPSA) is 68.8 Å². The molecule has 3 aromatic heterocycles. The van der Waals surface area contributed by atoms with Crippen LogP contribution in [0.2, 0.25) is 0 Å². The first-order valence-corrected chi connectivity index (χ1v) is 10.7. The molecule has 0 unspecified atom stereocenters. The van der Waals surface area contributed by atoms with E-state index in [1.54, 1.807) is 29.2 Å². The Morgan fingerprint density at radius 2 is 2.00 bits per heavy atom. The number of halogens is 4. The van der Waals surface area contributed by atoms with Crippen molar-refractivity contribution in [3.63, 3.8) is 0 Å². The third kappa shape index (κ3) is 4.91. The number of aromatic nitrogens is 5. The molecule has 0 saturated heterocycles. The van der Waals surface area contributed by atoms with Gasteiger partial charge in [-0.15, -0.1) is 0 Å². The quantitative estimate of drug-likeness (QED) is 0.498. The second kappa shape index (κ2) is 8.60. The Labute approximate surface area is 187 Å². The zero-order chi connectivity index (χ0) is 23.8. The molecular weight excluding hydrogens is 440 g/mol. The highest BCUT2D eigenvalue weighted by molar-refractivity contribution is 5.43. The average molecular weight is 464 g/mol. The minimum absolute atomic E-state index is 0.0862. The number of hydrogen-bond donors (Lipinski definition) is 0. The lowest BCUT2D eigenvalue weighted by Gasteiger charge is -2.37. The summed E-state index contributed by atoms with van der Waals surface area (Å²) in [5.74, 6) is -0.512. The maximum atomic E-state index is 14.6. The normalized spacial score (nSPS) is 15.3. The van der Waals surface area contributed by atoms with Gasteiger partial charge in [0.25, 0.3) is 5.56 Å². The van der Waals surface area contributed by atoms with E-state index < -0.39 is 29.0 Å². The van der Waals surface area contributed by atoms with Crippen LogP contribution >= 0.6 is 0 Å². The standard InChI is InChI=1S/C22H24F4N6O/c1-3-31-13-15(12-27-31)10-16-6-4-9-32(19(16)33)20-28-17(22(24,25)26)11-18(29-20)30(2)14-21(23)7-5-8-21/h4,6,9,11-13H,3,5,7-8,10,14H2,1-2H3. The van der Waals surface area contributed by atoms with Crippen molar-refractivity contribution in [1.82, 2.24) is 24.3 Å². The fourth-order valence-electron chi connectivity index (χ4n) is 3.82. The van der Waals surface area contributed by atoms with Gasteiger partial charge in [0.05, 0.1) is 12.7 Å². The Bertz CT molecular complexity index is 1200. The molecule has 0 amide bonds. The molecule has 0 atom stereocenters. The Morgan fingerprint density at radius 1 is 1.24 bits per heavy atom. The molecule has 0 aromatic carbocycles.